The van der Waals surface area contributed by atoms with Crippen molar-refractivity contribution in [3.8, 4) is 0 Å². The van der Waals surface area contributed by atoms with E-state index in [2.05, 4.69) is 25.7 Å². The second-order valence-corrected chi connectivity index (χ2v) is 4.83. The minimum atomic E-state index is 0.246. The second-order valence-electron chi connectivity index (χ2n) is 4.83. The average Bonchev–Trinajstić information content (AvgIpc) is 3.02. The maximum absolute atomic E-state index is 5.91. The highest BCUT2D eigenvalue weighted by Crippen LogP contribution is 2.34. The summed E-state index contributed by atoms with van der Waals surface area (Å²) in [4.78, 5) is 2.66. The van der Waals surface area contributed by atoms with Crippen molar-refractivity contribution in [1.82, 2.24) is 4.90 Å². The topological polar surface area (TPSA) is 29.3 Å². The maximum Gasteiger partial charge on any atom is 0.0303 e. The van der Waals surface area contributed by atoms with Gasteiger partial charge in [0.1, 0.15) is 0 Å². The largest absolute Gasteiger partial charge is 0.329 e. The molecule has 1 rings (SSSR count). The third-order valence-corrected chi connectivity index (χ3v) is 3.64. The molecule has 84 valence electrons. The van der Waals surface area contributed by atoms with Crippen LogP contribution in [0, 0.1) is 0 Å². The van der Waals surface area contributed by atoms with E-state index in [1.165, 1.54) is 38.6 Å². The van der Waals surface area contributed by atoms with E-state index in [-0.39, 0.29) is 5.54 Å². The van der Waals surface area contributed by atoms with Gasteiger partial charge < -0.3 is 5.73 Å². The van der Waals surface area contributed by atoms with Gasteiger partial charge in [0.15, 0.2) is 0 Å². The summed E-state index contributed by atoms with van der Waals surface area (Å²) in [7, 11) is 0. The molecule has 2 heteroatoms. The number of rotatable bonds is 7. The van der Waals surface area contributed by atoms with Crippen molar-refractivity contribution in [3.05, 3.63) is 0 Å². The van der Waals surface area contributed by atoms with Crippen LogP contribution in [0.3, 0.4) is 0 Å². The van der Waals surface area contributed by atoms with Gasteiger partial charge in [-0.3, -0.25) is 4.90 Å². The van der Waals surface area contributed by atoms with Gasteiger partial charge in [-0.05, 0) is 39.2 Å². The number of nitrogens with zero attached hydrogens (tertiary/aromatic N) is 1. The van der Waals surface area contributed by atoms with Crippen LogP contribution in [-0.2, 0) is 0 Å². The van der Waals surface area contributed by atoms with Crippen LogP contribution in [0.1, 0.15) is 52.9 Å². The highest BCUT2D eigenvalue weighted by molar-refractivity contribution is 4.95. The number of nitrogens with two attached hydrogens (primary N) is 1. The molecule has 1 atom stereocenters. The normalized spacial score (nSPS) is 21.2. The summed E-state index contributed by atoms with van der Waals surface area (Å²) in [5.41, 5.74) is 6.16. The molecule has 0 aromatic heterocycles. The lowest BCUT2D eigenvalue weighted by atomic mass is 9.95. The minimum Gasteiger partial charge on any atom is -0.329 e. The first-order valence-corrected chi connectivity index (χ1v) is 6.14. The minimum absolute atomic E-state index is 0.246. The number of hydrogen-bond donors (Lipinski definition) is 1. The Hall–Kier alpha value is -0.0800. The highest BCUT2D eigenvalue weighted by atomic mass is 15.2. The monoisotopic (exact) mass is 198 g/mol. The Balaban J connectivity index is 2.54. The fourth-order valence-electron chi connectivity index (χ4n) is 2.07. The molecule has 14 heavy (non-hydrogen) atoms. The van der Waals surface area contributed by atoms with Crippen molar-refractivity contribution in [1.29, 1.82) is 0 Å². The zero-order valence-corrected chi connectivity index (χ0v) is 10.1. The third-order valence-electron chi connectivity index (χ3n) is 3.64. The molecule has 0 spiro atoms. The average molecular weight is 198 g/mol. The van der Waals surface area contributed by atoms with Crippen LogP contribution in [0.5, 0.6) is 0 Å². The molecule has 2 N–H and O–H groups in total. The molecule has 0 heterocycles. The molecule has 0 bridgehead atoms. The first-order valence-electron chi connectivity index (χ1n) is 6.14. The summed E-state index contributed by atoms with van der Waals surface area (Å²) in [6.45, 7) is 8.87. The van der Waals surface area contributed by atoms with Crippen molar-refractivity contribution in [2.45, 2.75) is 64.5 Å². The zero-order chi connectivity index (χ0) is 10.6. The summed E-state index contributed by atoms with van der Waals surface area (Å²) in [6.07, 6.45) is 6.54. The lowest BCUT2D eigenvalue weighted by Crippen LogP contribution is -2.52. The molecule has 2 nitrogen and oxygen atoms in total. The van der Waals surface area contributed by atoms with Crippen LogP contribution >= 0.6 is 0 Å². The van der Waals surface area contributed by atoms with Crippen LogP contribution < -0.4 is 5.73 Å². The van der Waals surface area contributed by atoms with E-state index in [1.54, 1.807) is 0 Å². The molecule has 0 saturated heterocycles. The second kappa shape index (κ2) is 5.13. The van der Waals surface area contributed by atoms with Gasteiger partial charge in [-0.1, -0.05) is 20.3 Å². The zero-order valence-electron chi connectivity index (χ0n) is 10.1. The predicted octanol–water partition coefficient (Wildman–Crippen LogP) is 2.38. The van der Waals surface area contributed by atoms with Gasteiger partial charge in [0.25, 0.3) is 0 Å². The summed E-state index contributed by atoms with van der Waals surface area (Å²) in [5.74, 6) is 0. The van der Waals surface area contributed by atoms with Crippen molar-refractivity contribution >= 4 is 0 Å². The van der Waals surface area contributed by atoms with E-state index in [1.807, 2.05) is 0 Å². The Morgan fingerprint density at radius 1 is 1.36 bits per heavy atom. The van der Waals surface area contributed by atoms with E-state index in [0.717, 1.165) is 12.6 Å². The molecule has 0 aromatic rings. The van der Waals surface area contributed by atoms with Gasteiger partial charge in [-0.15, -0.1) is 0 Å². The SMILES string of the molecule is CCCCN(C1CC1)C(C)(CC)CN. The quantitative estimate of drug-likeness (QED) is 0.680. The summed E-state index contributed by atoms with van der Waals surface area (Å²) in [5, 5.41) is 0. The van der Waals surface area contributed by atoms with Crippen LogP contribution in [-0.4, -0.2) is 29.6 Å². The molecule has 1 saturated carbocycles. The Morgan fingerprint density at radius 2 is 2.00 bits per heavy atom. The molecule has 0 aliphatic heterocycles. The van der Waals surface area contributed by atoms with E-state index in [0.29, 0.717) is 0 Å². The van der Waals surface area contributed by atoms with E-state index in [9.17, 15) is 0 Å². The van der Waals surface area contributed by atoms with Crippen LogP contribution in [0.15, 0.2) is 0 Å². The van der Waals surface area contributed by atoms with Crippen molar-refractivity contribution in [3.63, 3.8) is 0 Å². The molecule has 0 radical (unpaired) electrons. The first-order chi connectivity index (χ1) is 6.68. The van der Waals surface area contributed by atoms with Gasteiger partial charge in [0.05, 0.1) is 0 Å². The fraction of sp³-hybridized carbons (Fsp3) is 1.00. The van der Waals surface area contributed by atoms with Gasteiger partial charge in [-0.2, -0.15) is 0 Å². The molecule has 1 unspecified atom stereocenters. The van der Waals surface area contributed by atoms with Crippen molar-refractivity contribution < 1.29 is 0 Å². The number of unbranched alkanes of at least 4 members (excludes halogenated alkanes) is 1. The van der Waals surface area contributed by atoms with Crippen LogP contribution in [0.2, 0.25) is 0 Å². The number of hydrogen-bond acceptors (Lipinski definition) is 2. The van der Waals surface area contributed by atoms with E-state index in [4.69, 9.17) is 5.73 Å². The van der Waals surface area contributed by atoms with Gasteiger partial charge >= 0.3 is 0 Å². The standard InChI is InChI=1S/C12H26N2/c1-4-6-9-14(11-7-8-11)12(3,5-2)10-13/h11H,4-10,13H2,1-3H3. The molecule has 0 amide bonds. The fourth-order valence-corrected chi connectivity index (χ4v) is 2.07. The Labute approximate surface area is 88.8 Å². The van der Waals surface area contributed by atoms with Gasteiger partial charge in [-0.25, -0.2) is 0 Å². The van der Waals surface area contributed by atoms with Crippen molar-refractivity contribution in [2.75, 3.05) is 13.1 Å². The maximum atomic E-state index is 5.91. The van der Waals surface area contributed by atoms with E-state index >= 15 is 0 Å². The molecular formula is C12H26N2. The van der Waals surface area contributed by atoms with Crippen molar-refractivity contribution in [2.24, 2.45) is 5.73 Å². The summed E-state index contributed by atoms with van der Waals surface area (Å²) < 4.78 is 0. The van der Waals surface area contributed by atoms with Crippen LogP contribution in [0.4, 0.5) is 0 Å². The van der Waals surface area contributed by atoms with E-state index < -0.39 is 0 Å². The molecule has 0 aromatic carbocycles. The Morgan fingerprint density at radius 3 is 2.36 bits per heavy atom. The first kappa shape index (κ1) is 12.0. The molecular weight excluding hydrogens is 172 g/mol. The Kier molecular flexibility index (Phi) is 4.39. The molecule has 1 fully saturated rings. The summed E-state index contributed by atoms with van der Waals surface area (Å²) in [6, 6.07) is 0.843. The lowest BCUT2D eigenvalue weighted by Gasteiger charge is -2.40. The molecule has 1 aliphatic carbocycles. The van der Waals surface area contributed by atoms with Gasteiger partial charge in [0, 0.05) is 18.1 Å². The summed E-state index contributed by atoms with van der Waals surface area (Å²) >= 11 is 0. The predicted molar refractivity (Wildman–Crippen MR) is 62.4 cm³/mol. The smallest absolute Gasteiger partial charge is 0.0303 e. The van der Waals surface area contributed by atoms with Gasteiger partial charge in [0.2, 0.25) is 0 Å². The highest BCUT2D eigenvalue weighted by Gasteiger charge is 2.38. The Bertz CT molecular complexity index is 160. The van der Waals surface area contributed by atoms with Crippen LogP contribution in [0.25, 0.3) is 0 Å². The lowest BCUT2D eigenvalue weighted by molar-refractivity contribution is 0.0948. The molecule has 1 aliphatic rings. The third kappa shape index (κ3) is 2.71.